The number of rotatable bonds is 6. The van der Waals surface area contributed by atoms with Crippen molar-refractivity contribution in [3.8, 4) is 5.75 Å². The average molecular weight is 392 g/mol. The quantitative estimate of drug-likeness (QED) is 0.815. The highest BCUT2D eigenvalue weighted by atomic mass is 32.2. The molecule has 0 bridgehead atoms. The minimum atomic E-state index is -3.65. The minimum absolute atomic E-state index is 0.155. The van der Waals surface area contributed by atoms with Crippen LogP contribution in [0, 0.1) is 12.8 Å². The third-order valence-corrected chi connectivity index (χ3v) is 6.64. The minimum Gasteiger partial charge on any atom is -0.496 e. The molecular weight excluding hydrogens is 368 g/mol. The number of aryl methyl sites for hydroxylation is 1. The maximum absolute atomic E-state index is 13.0. The summed E-state index contributed by atoms with van der Waals surface area (Å²) in [6.07, 6.45) is 2.86. The van der Waals surface area contributed by atoms with E-state index in [4.69, 9.17) is 9.15 Å². The Labute approximate surface area is 159 Å². The van der Waals surface area contributed by atoms with Crippen LogP contribution in [0.2, 0.25) is 0 Å². The van der Waals surface area contributed by atoms with E-state index < -0.39 is 10.0 Å². The molecule has 0 aliphatic carbocycles. The highest BCUT2D eigenvalue weighted by Gasteiger charge is 2.33. The van der Waals surface area contributed by atoms with Gasteiger partial charge < -0.3 is 14.5 Å². The number of ether oxygens (including phenoxy) is 1. The van der Waals surface area contributed by atoms with Crippen molar-refractivity contribution >= 4 is 15.9 Å². The molecule has 1 aliphatic rings. The van der Waals surface area contributed by atoms with E-state index in [0.29, 0.717) is 37.4 Å². The highest BCUT2D eigenvalue weighted by Crippen LogP contribution is 2.27. The smallest absolute Gasteiger partial charge is 0.243 e. The first-order valence-electron chi connectivity index (χ1n) is 8.86. The van der Waals surface area contributed by atoms with Gasteiger partial charge in [0.05, 0.1) is 30.7 Å². The van der Waals surface area contributed by atoms with Crippen molar-refractivity contribution in [3.05, 3.63) is 47.9 Å². The van der Waals surface area contributed by atoms with Gasteiger partial charge in [-0.05, 0) is 55.7 Å². The van der Waals surface area contributed by atoms with Crippen LogP contribution in [0.4, 0.5) is 0 Å². The molecular formula is C19H24N2O5S. The van der Waals surface area contributed by atoms with E-state index in [1.54, 1.807) is 50.6 Å². The fourth-order valence-electron chi connectivity index (χ4n) is 3.27. The van der Waals surface area contributed by atoms with Crippen LogP contribution in [0.25, 0.3) is 0 Å². The van der Waals surface area contributed by atoms with Crippen LogP contribution in [0.15, 0.2) is 45.9 Å². The van der Waals surface area contributed by atoms with E-state index in [0.717, 1.165) is 5.56 Å². The van der Waals surface area contributed by atoms with E-state index in [2.05, 4.69) is 5.32 Å². The molecule has 0 unspecified atom stereocenters. The molecule has 0 spiro atoms. The summed E-state index contributed by atoms with van der Waals surface area (Å²) in [6, 6.07) is 8.34. The second kappa shape index (κ2) is 8.14. The zero-order valence-electron chi connectivity index (χ0n) is 15.5. The van der Waals surface area contributed by atoms with Crippen LogP contribution in [0.5, 0.6) is 5.75 Å². The fraction of sp³-hybridized carbons (Fsp3) is 0.421. The van der Waals surface area contributed by atoms with Gasteiger partial charge in [0, 0.05) is 13.1 Å². The van der Waals surface area contributed by atoms with Crippen LogP contribution in [0.1, 0.15) is 24.2 Å². The lowest BCUT2D eigenvalue weighted by Crippen LogP contribution is -2.45. The maximum atomic E-state index is 13.0. The number of amides is 1. The SMILES string of the molecule is COc1ccc(S(=O)(=O)N2CCC[C@@H](C(=O)NCc3ccco3)C2)cc1C. The van der Waals surface area contributed by atoms with Gasteiger partial charge in [0.1, 0.15) is 11.5 Å². The third kappa shape index (κ3) is 4.33. The van der Waals surface area contributed by atoms with Crippen LogP contribution in [0.3, 0.4) is 0 Å². The number of hydrogen-bond donors (Lipinski definition) is 1. The zero-order chi connectivity index (χ0) is 19.4. The molecule has 146 valence electrons. The number of carbonyl (C=O) groups excluding carboxylic acids is 1. The monoisotopic (exact) mass is 392 g/mol. The first-order valence-corrected chi connectivity index (χ1v) is 10.3. The Morgan fingerprint density at radius 1 is 1.37 bits per heavy atom. The second-order valence-corrected chi connectivity index (χ2v) is 8.57. The number of nitrogens with one attached hydrogen (secondary N) is 1. The van der Waals surface area contributed by atoms with E-state index in [1.807, 2.05) is 0 Å². The molecule has 2 heterocycles. The van der Waals surface area contributed by atoms with Gasteiger partial charge in [-0.25, -0.2) is 8.42 Å². The number of hydrogen-bond acceptors (Lipinski definition) is 5. The predicted molar refractivity (Wildman–Crippen MR) is 99.8 cm³/mol. The molecule has 0 radical (unpaired) electrons. The summed E-state index contributed by atoms with van der Waals surface area (Å²) in [5.74, 6) is 0.778. The standard InChI is InChI=1S/C19H24N2O5S/c1-14-11-17(7-8-18(14)25-2)27(23,24)21-9-3-5-15(13-21)19(22)20-12-16-6-4-10-26-16/h4,6-8,10-11,15H,3,5,9,12-13H2,1-2H3,(H,20,22)/t15-/m1/s1. The number of piperidine rings is 1. The molecule has 8 heteroatoms. The summed E-state index contributed by atoms with van der Waals surface area (Å²) in [4.78, 5) is 12.7. The number of nitrogens with zero attached hydrogens (tertiary/aromatic N) is 1. The van der Waals surface area contributed by atoms with Crippen molar-refractivity contribution in [1.29, 1.82) is 0 Å². The van der Waals surface area contributed by atoms with Crippen molar-refractivity contribution < 1.29 is 22.4 Å². The summed E-state index contributed by atoms with van der Waals surface area (Å²) >= 11 is 0. The number of benzene rings is 1. The van der Waals surface area contributed by atoms with Gasteiger partial charge in [-0.1, -0.05) is 0 Å². The molecule has 1 aromatic carbocycles. The summed E-state index contributed by atoms with van der Waals surface area (Å²) in [7, 11) is -2.11. The molecule has 1 saturated heterocycles. The van der Waals surface area contributed by atoms with Gasteiger partial charge >= 0.3 is 0 Å². The molecule has 1 aromatic heterocycles. The molecule has 1 amide bonds. The van der Waals surface area contributed by atoms with Gasteiger partial charge in [0.25, 0.3) is 0 Å². The highest BCUT2D eigenvalue weighted by molar-refractivity contribution is 7.89. The van der Waals surface area contributed by atoms with Gasteiger partial charge in [0.2, 0.25) is 15.9 Å². The molecule has 1 atom stereocenters. The van der Waals surface area contributed by atoms with E-state index in [-0.39, 0.29) is 23.3 Å². The fourth-order valence-corrected chi connectivity index (χ4v) is 4.88. The number of sulfonamides is 1. The zero-order valence-corrected chi connectivity index (χ0v) is 16.3. The number of methoxy groups -OCH3 is 1. The average Bonchev–Trinajstić information content (AvgIpc) is 3.19. The first-order chi connectivity index (χ1) is 12.9. The van der Waals surface area contributed by atoms with Crippen molar-refractivity contribution in [3.63, 3.8) is 0 Å². The molecule has 27 heavy (non-hydrogen) atoms. The van der Waals surface area contributed by atoms with Crippen LogP contribution < -0.4 is 10.1 Å². The summed E-state index contributed by atoms with van der Waals surface area (Å²) in [6.45, 7) is 2.69. The number of furan rings is 1. The van der Waals surface area contributed by atoms with Gasteiger partial charge in [0.15, 0.2) is 0 Å². The van der Waals surface area contributed by atoms with Crippen molar-refractivity contribution in [1.82, 2.24) is 9.62 Å². The molecule has 1 N–H and O–H groups in total. The molecule has 2 aromatic rings. The van der Waals surface area contributed by atoms with Gasteiger partial charge in [-0.3, -0.25) is 4.79 Å². The van der Waals surface area contributed by atoms with E-state index >= 15 is 0 Å². The van der Waals surface area contributed by atoms with Crippen molar-refractivity contribution in [2.75, 3.05) is 20.2 Å². The van der Waals surface area contributed by atoms with Crippen molar-refractivity contribution in [2.24, 2.45) is 5.92 Å². The van der Waals surface area contributed by atoms with Crippen LogP contribution in [-0.4, -0.2) is 38.8 Å². The Hall–Kier alpha value is -2.32. The molecule has 1 aliphatic heterocycles. The summed E-state index contributed by atoms with van der Waals surface area (Å²) in [5.41, 5.74) is 0.753. The van der Waals surface area contributed by atoms with Crippen molar-refractivity contribution in [2.45, 2.75) is 31.2 Å². The normalized spacial score (nSPS) is 18.2. The lowest BCUT2D eigenvalue weighted by Gasteiger charge is -2.31. The Kier molecular flexibility index (Phi) is 5.86. The topological polar surface area (TPSA) is 88.9 Å². The number of carbonyl (C=O) groups is 1. The summed E-state index contributed by atoms with van der Waals surface area (Å²) in [5, 5.41) is 2.82. The first kappa shape index (κ1) is 19.4. The van der Waals surface area contributed by atoms with Gasteiger partial charge in [-0.2, -0.15) is 4.31 Å². The van der Waals surface area contributed by atoms with Crippen LogP contribution in [-0.2, 0) is 21.4 Å². The third-order valence-electron chi connectivity index (χ3n) is 4.78. The molecule has 0 saturated carbocycles. The largest absolute Gasteiger partial charge is 0.496 e. The Balaban J connectivity index is 1.69. The lowest BCUT2D eigenvalue weighted by atomic mass is 9.99. The lowest BCUT2D eigenvalue weighted by molar-refractivity contribution is -0.126. The Morgan fingerprint density at radius 2 is 2.19 bits per heavy atom. The molecule has 1 fully saturated rings. The summed E-state index contributed by atoms with van der Waals surface area (Å²) < 4.78 is 37.8. The second-order valence-electron chi connectivity index (χ2n) is 6.63. The van der Waals surface area contributed by atoms with Gasteiger partial charge in [-0.15, -0.1) is 0 Å². The van der Waals surface area contributed by atoms with E-state index in [9.17, 15) is 13.2 Å². The molecule has 3 rings (SSSR count). The Bertz CT molecular complexity index is 893. The Morgan fingerprint density at radius 3 is 2.85 bits per heavy atom. The predicted octanol–water partition coefficient (Wildman–Crippen LogP) is 2.31. The maximum Gasteiger partial charge on any atom is 0.243 e. The molecule has 7 nitrogen and oxygen atoms in total. The van der Waals surface area contributed by atoms with Crippen LogP contribution >= 0.6 is 0 Å². The van der Waals surface area contributed by atoms with E-state index in [1.165, 1.54) is 4.31 Å².